The van der Waals surface area contributed by atoms with Crippen molar-refractivity contribution in [1.82, 2.24) is 5.32 Å². The lowest BCUT2D eigenvalue weighted by Gasteiger charge is -2.20. The molecule has 0 saturated heterocycles. The molecule has 0 aliphatic heterocycles. The molecule has 22 heavy (non-hydrogen) atoms. The molecule has 2 atom stereocenters. The van der Waals surface area contributed by atoms with Crippen molar-refractivity contribution >= 4 is 17.6 Å². The van der Waals surface area contributed by atoms with Gasteiger partial charge < -0.3 is 21.3 Å². The van der Waals surface area contributed by atoms with Crippen molar-refractivity contribution in [2.24, 2.45) is 0 Å². The summed E-state index contributed by atoms with van der Waals surface area (Å²) < 4.78 is 0. The highest BCUT2D eigenvalue weighted by Crippen LogP contribution is 2.17. The third-order valence-electron chi connectivity index (χ3n) is 3.18. The van der Waals surface area contributed by atoms with Crippen LogP contribution < -0.4 is 11.1 Å². The molecule has 0 spiro atoms. The van der Waals surface area contributed by atoms with Crippen molar-refractivity contribution < 1.29 is 19.8 Å². The number of aliphatic carboxylic acids is 1. The molecule has 0 bridgehead atoms. The average Bonchev–Trinajstić information content (AvgIpc) is 2.53. The molecule has 0 aliphatic rings. The highest BCUT2D eigenvalue weighted by molar-refractivity contribution is 5.97. The first-order valence-electron chi connectivity index (χ1n) is 6.61. The third-order valence-corrected chi connectivity index (χ3v) is 3.18. The monoisotopic (exact) mass is 300 g/mol. The summed E-state index contributed by atoms with van der Waals surface area (Å²) in [6.45, 7) is 0. The summed E-state index contributed by atoms with van der Waals surface area (Å²) in [5.74, 6) is -1.91. The largest absolute Gasteiger partial charge is 0.480 e. The lowest BCUT2D eigenvalue weighted by Crippen LogP contribution is -2.45. The molecule has 0 heterocycles. The second-order valence-electron chi connectivity index (χ2n) is 4.77. The first kappa shape index (κ1) is 15.5. The number of carboxylic acid groups (broad SMARTS) is 1. The van der Waals surface area contributed by atoms with Crippen molar-refractivity contribution in [3.8, 4) is 0 Å². The molecule has 2 aromatic rings. The minimum atomic E-state index is -1.45. The molecule has 2 aromatic carbocycles. The Balaban J connectivity index is 2.17. The number of aliphatic hydroxyl groups excluding tert-OH is 1. The van der Waals surface area contributed by atoms with E-state index >= 15 is 0 Å². The van der Waals surface area contributed by atoms with Crippen LogP contribution in [0.1, 0.15) is 22.0 Å². The fourth-order valence-corrected chi connectivity index (χ4v) is 1.98. The van der Waals surface area contributed by atoms with Gasteiger partial charge >= 0.3 is 5.97 Å². The number of amides is 1. The standard InChI is InChI=1S/C16H16N2O4/c17-12-8-6-11(7-9-12)15(20)18-13(16(21)22)14(19)10-4-2-1-3-5-10/h1-9,13-14,19H,17H2,(H,18,20)(H,21,22). The number of nitrogen functional groups attached to an aromatic ring is 1. The van der Waals surface area contributed by atoms with Crippen molar-refractivity contribution in [3.63, 3.8) is 0 Å². The average molecular weight is 300 g/mol. The molecule has 0 aliphatic carbocycles. The van der Waals surface area contributed by atoms with E-state index in [1.54, 1.807) is 30.3 Å². The Hall–Kier alpha value is -2.86. The van der Waals surface area contributed by atoms with Crippen molar-refractivity contribution in [1.29, 1.82) is 0 Å². The van der Waals surface area contributed by atoms with Gasteiger partial charge in [-0.2, -0.15) is 0 Å². The molecule has 2 unspecified atom stereocenters. The minimum Gasteiger partial charge on any atom is -0.480 e. The van der Waals surface area contributed by atoms with E-state index in [9.17, 15) is 19.8 Å². The number of nitrogens with two attached hydrogens (primary N) is 1. The number of aliphatic hydroxyl groups is 1. The van der Waals surface area contributed by atoms with Gasteiger partial charge in [0, 0.05) is 11.3 Å². The van der Waals surface area contributed by atoms with E-state index in [0.29, 0.717) is 11.3 Å². The van der Waals surface area contributed by atoms with Crippen LogP contribution in [0.2, 0.25) is 0 Å². The summed E-state index contributed by atoms with van der Waals surface area (Å²) in [6, 6.07) is 12.9. The van der Waals surface area contributed by atoms with Gasteiger partial charge in [0.2, 0.25) is 0 Å². The molecule has 0 radical (unpaired) electrons. The Kier molecular flexibility index (Phi) is 4.75. The number of hydrogen-bond donors (Lipinski definition) is 4. The Labute approximate surface area is 127 Å². The fraction of sp³-hybridized carbons (Fsp3) is 0.125. The van der Waals surface area contributed by atoms with Crippen LogP contribution in [-0.2, 0) is 4.79 Å². The Morgan fingerprint density at radius 3 is 2.14 bits per heavy atom. The summed E-state index contributed by atoms with van der Waals surface area (Å²) >= 11 is 0. The van der Waals surface area contributed by atoms with E-state index in [1.165, 1.54) is 24.3 Å². The molecule has 6 nitrogen and oxygen atoms in total. The van der Waals surface area contributed by atoms with E-state index < -0.39 is 24.0 Å². The van der Waals surface area contributed by atoms with E-state index in [2.05, 4.69) is 5.32 Å². The van der Waals surface area contributed by atoms with Crippen molar-refractivity contribution in [2.75, 3.05) is 5.73 Å². The Morgan fingerprint density at radius 1 is 1.00 bits per heavy atom. The molecule has 1 amide bonds. The molecule has 6 heteroatoms. The van der Waals surface area contributed by atoms with Crippen LogP contribution in [0.5, 0.6) is 0 Å². The van der Waals surface area contributed by atoms with Gasteiger partial charge in [-0.15, -0.1) is 0 Å². The second kappa shape index (κ2) is 6.73. The number of rotatable bonds is 5. The summed E-state index contributed by atoms with van der Waals surface area (Å²) in [7, 11) is 0. The maximum absolute atomic E-state index is 12.1. The number of anilines is 1. The normalized spacial score (nSPS) is 13.1. The predicted octanol–water partition coefficient (Wildman–Crippen LogP) is 1.19. The molecule has 0 saturated carbocycles. The Bertz CT molecular complexity index is 656. The third kappa shape index (κ3) is 3.62. The van der Waals surface area contributed by atoms with Crippen molar-refractivity contribution in [2.45, 2.75) is 12.1 Å². The number of nitrogens with one attached hydrogen (secondary N) is 1. The van der Waals surface area contributed by atoms with Crippen LogP contribution in [0, 0.1) is 0 Å². The van der Waals surface area contributed by atoms with Gasteiger partial charge in [-0.25, -0.2) is 4.79 Å². The molecular formula is C16H16N2O4. The SMILES string of the molecule is Nc1ccc(C(=O)NC(C(=O)O)C(O)c2ccccc2)cc1. The van der Waals surface area contributed by atoms with E-state index in [4.69, 9.17) is 5.73 Å². The topological polar surface area (TPSA) is 113 Å². The summed E-state index contributed by atoms with van der Waals surface area (Å²) in [4.78, 5) is 23.4. The first-order valence-corrected chi connectivity index (χ1v) is 6.61. The first-order chi connectivity index (χ1) is 10.5. The molecule has 0 aromatic heterocycles. The number of carboxylic acids is 1. The van der Waals surface area contributed by atoms with E-state index in [0.717, 1.165) is 0 Å². The number of carbonyl (C=O) groups is 2. The van der Waals surface area contributed by atoms with E-state index in [1.807, 2.05) is 0 Å². The summed E-state index contributed by atoms with van der Waals surface area (Å²) in [5, 5.41) is 21.7. The van der Waals surface area contributed by atoms with Crippen LogP contribution >= 0.6 is 0 Å². The summed E-state index contributed by atoms with van der Waals surface area (Å²) in [6.07, 6.45) is -1.35. The molecular weight excluding hydrogens is 284 g/mol. The van der Waals surface area contributed by atoms with Crippen molar-refractivity contribution in [3.05, 3.63) is 65.7 Å². The molecule has 0 fully saturated rings. The smallest absolute Gasteiger partial charge is 0.329 e. The van der Waals surface area contributed by atoms with Gasteiger partial charge in [-0.1, -0.05) is 30.3 Å². The zero-order chi connectivity index (χ0) is 16.1. The van der Waals surface area contributed by atoms with Crippen LogP contribution in [0.4, 0.5) is 5.69 Å². The lowest BCUT2D eigenvalue weighted by atomic mass is 10.0. The maximum atomic E-state index is 12.1. The molecule has 2 rings (SSSR count). The Morgan fingerprint density at radius 2 is 1.59 bits per heavy atom. The van der Waals surface area contributed by atoms with Gasteiger partial charge in [0.25, 0.3) is 5.91 Å². The highest BCUT2D eigenvalue weighted by atomic mass is 16.4. The minimum absolute atomic E-state index is 0.265. The van der Waals surface area contributed by atoms with Crippen LogP contribution in [-0.4, -0.2) is 28.1 Å². The van der Waals surface area contributed by atoms with Gasteiger partial charge in [0.05, 0.1) is 0 Å². The van der Waals surface area contributed by atoms with Gasteiger partial charge in [-0.05, 0) is 29.8 Å². The van der Waals surface area contributed by atoms with Crippen LogP contribution in [0.3, 0.4) is 0 Å². The quantitative estimate of drug-likeness (QED) is 0.619. The van der Waals surface area contributed by atoms with Gasteiger partial charge in [0.1, 0.15) is 6.10 Å². The van der Waals surface area contributed by atoms with Crippen LogP contribution in [0.15, 0.2) is 54.6 Å². The zero-order valence-corrected chi connectivity index (χ0v) is 11.6. The van der Waals surface area contributed by atoms with E-state index in [-0.39, 0.29) is 5.56 Å². The molecule has 5 N–H and O–H groups in total. The predicted molar refractivity (Wildman–Crippen MR) is 81.1 cm³/mol. The number of benzene rings is 2. The summed E-state index contributed by atoms with van der Waals surface area (Å²) in [5.41, 5.74) is 6.70. The fourth-order valence-electron chi connectivity index (χ4n) is 1.98. The lowest BCUT2D eigenvalue weighted by molar-refractivity contribution is -0.142. The maximum Gasteiger partial charge on any atom is 0.329 e. The highest BCUT2D eigenvalue weighted by Gasteiger charge is 2.29. The number of carbonyl (C=O) groups excluding carboxylic acids is 1. The zero-order valence-electron chi connectivity index (χ0n) is 11.6. The number of hydrogen-bond acceptors (Lipinski definition) is 4. The second-order valence-corrected chi connectivity index (χ2v) is 4.77. The van der Waals surface area contributed by atoms with Crippen LogP contribution in [0.25, 0.3) is 0 Å². The molecule has 114 valence electrons. The van der Waals surface area contributed by atoms with Gasteiger partial charge in [-0.3, -0.25) is 4.79 Å². The van der Waals surface area contributed by atoms with Gasteiger partial charge in [0.15, 0.2) is 6.04 Å².